The fraction of sp³-hybridized carbons (Fsp3) is 0.192. The molecule has 0 aliphatic heterocycles. The van der Waals surface area contributed by atoms with Crippen LogP contribution in [0.4, 0.5) is 34.1 Å². The standard InChI is InChI=1S/C52H48N2Si/c1-35-19-23-40(24-20-35)53(42-25-21-36-11-9-13-38(36)31-42)51-33-49-46-16-6-8-18-48(46)52(34-50(49)45-15-5-7-17-47(45)51)54(41-27-29-44(30-28-41)55(2,3)4)43-26-22-37-12-10-14-39(37)32-43/h5-8,15-34H,9-14H2,1-4H3. The predicted octanol–water partition coefficient (Wildman–Crippen LogP) is 13.9. The molecule has 55 heavy (non-hydrogen) atoms. The molecule has 2 aliphatic rings. The quantitative estimate of drug-likeness (QED) is 0.119. The summed E-state index contributed by atoms with van der Waals surface area (Å²) in [6.07, 6.45) is 7.14. The van der Waals surface area contributed by atoms with Crippen LogP contribution >= 0.6 is 0 Å². The van der Waals surface area contributed by atoms with Crippen molar-refractivity contribution in [3.05, 3.63) is 173 Å². The Balaban J connectivity index is 1.25. The van der Waals surface area contributed by atoms with Gasteiger partial charge in [-0.2, -0.15) is 0 Å². The third kappa shape index (κ3) is 5.93. The van der Waals surface area contributed by atoms with E-state index in [4.69, 9.17) is 0 Å². The van der Waals surface area contributed by atoms with Gasteiger partial charge < -0.3 is 9.80 Å². The van der Waals surface area contributed by atoms with E-state index in [1.54, 1.807) is 0 Å². The van der Waals surface area contributed by atoms with Crippen LogP contribution in [0.15, 0.2) is 146 Å². The van der Waals surface area contributed by atoms with Crippen LogP contribution in [0.5, 0.6) is 0 Å². The molecule has 0 spiro atoms. The van der Waals surface area contributed by atoms with Crippen molar-refractivity contribution in [3.8, 4) is 0 Å². The van der Waals surface area contributed by atoms with Gasteiger partial charge in [-0.25, -0.2) is 0 Å². The lowest BCUT2D eigenvalue weighted by atomic mass is 9.93. The van der Waals surface area contributed by atoms with Crippen molar-refractivity contribution in [1.82, 2.24) is 0 Å². The highest BCUT2D eigenvalue weighted by Crippen LogP contribution is 2.48. The molecule has 3 heteroatoms. The molecule has 8 aromatic carbocycles. The highest BCUT2D eigenvalue weighted by atomic mass is 28.3. The lowest BCUT2D eigenvalue weighted by Gasteiger charge is -2.30. The molecule has 10 rings (SSSR count). The molecule has 0 unspecified atom stereocenters. The normalized spacial score (nSPS) is 13.7. The molecule has 0 atom stereocenters. The monoisotopic (exact) mass is 728 g/mol. The van der Waals surface area contributed by atoms with Gasteiger partial charge in [-0.1, -0.05) is 115 Å². The van der Waals surface area contributed by atoms with Gasteiger partial charge in [-0.3, -0.25) is 0 Å². The van der Waals surface area contributed by atoms with Crippen LogP contribution < -0.4 is 15.0 Å². The first-order chi connectivity index (χ1) is 26.8. The van der Waals surface area contributed by atoms with Crippen LogP contribution in [-0.4, -0.2) is 8.07 Å². The zero-order chi connectivity index (χ0) is 37.3. The van der Waals surface area contributed by atoms with Crippen molar-refractivity contribution in [2.45, 2.75) is 65.1 Å². The summed E-state index contributed by atoms with van der Waals surface area (Å²) in [4.78, 5) is 5.03. The van der Waals surface area contributed by atoms with Gasteiger partial charge in [0.25, 0.3) is 0 Å². The fourth-order valence-electron chi connectivity index (χ4n) is 9.34. The highest BCUT2D eigenvalue weighted by molar-refractivity contribution is 6.88. The van der Waals surface area contributed by atoms with Gasteiger partial charge in [-0.15, -0.1) is 0 Å². The Labute approximate surface area is 326 Å². The Bertz CT molecular complexity index is 2760. The third-order valence-electron chi connectivity index (χ3n) is 12.3. The largest absolute Gasteiger partial charge is 0.310 e. The third-order valence-corrected chi connectivity index (χ3v) is 14.4. The summed E-state index contributed by atoms with van der Waals surface area (Å²) in [7, 11) is -1.47. The summed E-state index contributed by atoms with van der Waals surface area (Å²) < 4.78 is 0. The van der Waals surface area contributed by atoms with Gasteiger partial charge in [0.15, 0.2) is 0 Å². The molecule has 8 aromatic rings. The van der Waals surface area contributed by atoms with E-state index in [2.05, 4.69) is 182 Å². The average molecular weight is 729 g/mol. The smallest absolute Gasteiger partial charge is 0.0775 e. The molecule has 270 valence electrons. The van der Waals surface area contributed by atoms with Crippen molar-refractivity contribution < 1.29 is 0 Å². The molecule has 0 N–H and O–H groups in total. The van der Waals surface area contributed by atoms with Crippen LogP contribution in [0, 0.1) is 6.92 Å². The van der Waals surface area contributed by atoms with Crippen LogP contribution in [0.3, 0.4) is 0 Å². The lowest BCUT2D eigenvalue weighted by molar-refractivity contribution is 0.911. The molecule has 0 fully saturated rings. The average Bonchev–Trinajstić information content (AvgIpc) is 3.88. The van der Waals surface area contributed by atoms with Gasteiger partial charge in [0, 0.05) is 33.5 Å². The number of benzene rings is 8. The minimum atomic E-state index is -1.47. The number of nitrogens with zero attached hydrogens (tertiary/aromatic N) is 2. The van der Waals surface area contributed by atoms with Crippen LogP contribution in [0.25, 0.3) is 32.3 Å². The fourth-order valence-corrected chi connectivity index (χ4v) is 10.5. The second-order valence-corrected chi connectivity index (χ2v) is 22.0. The molecule has 2 aliphatic carbocycles. The Hall–Kier alpha value is -5.64. The van der Waals surface area contributed by atoms with Gasteiger partial charge in [-0.05, 0) is 150 Å². The minimum absolute atomic E-state index is 1.15. The summed E-state index contributed by atoms with van der Waals surface area (Å²) >= 11 is 0. The van der Waals surface area contributed by atoms with E-state index in [1.165, 1.54) is 125 Å². The molecular weight excluding hydrogens is 681 g/mol. The SMILES string of the molecule is Cc1ccc(N(c2ccc3c(c2)CCC3)c2cc3c4ccccc4c(N(c4ccc([Si](C)(C)C)cc4)c4ccc5c(c4)CCC5)cc3c3ccccc23)cc1. The summed E-state index contributed by atoms with van der Waals surface area (Å²) in [5.74, 6) is 0. The summed E-state index contributed by atoms with van der Waals surface area (Å²) in [6.45, 7) is 9.47. The van der Waals surface area contributed by atoms with E-state index in [-0.39, 0.29) is 0 Å². The molecule has 2 nitrogen and oxygen atoms in total. The van der Waals surface area contributed by atoms with Crippen molar-refractivity contribution in [2.24, 2.45) is 0 Å². The van der Waals surface area contributed by atoms with E-state index < -0.39 is 8.07 Å². The topological polar surface area (TPSA) is 6.48 Å². The molecule has 0 heterocycles. The van der Waals surface area contributed by atoms with Gasteiger partial charge >= 0.3 is 0 Å². The lowest BCUT2D eigenvalue weighted by Crippen LogP contribution is -2.37. The number of rotatable bonds is 7. The summed E-state index contributed by atoms with van der Waals surface area (Å²) in [5, 5.41) is 9.07. The first-order valence-electron chi connectivity index (χ1n) is 20.2. The van der Waals surface area contributed by atoms with Crippen molar-refractivity contribution in [2.75, 3.05) is 9.80 Å². The Morgan fingerprint density at radius 3 is 1.24 bits per heavy atom. The summed E-state index contributed by atoms with van der Waals surface area (Å²) in [5.41, 5.74) is 14.5. The van der Waals surface area contributed by atoms with Crippen molar-refractivity contribution >= 4 is 79.7 Å². The first kappa shape index (κ1) is 33.9. The van der Waals surface area contributed by atoms with Gasteiger partial charge in [0.2, 0.25) is 0 Å². The second kappa shape index (κ2) is 13.3. The number of hydrogen-bond acceptors (Lipinski definition) is 2. The Kier molecular flexibility index (Phi) is 8.19. The van der Waals surface area contributed by atoms with E-state index in [0.717, 1.165) is 12.8 Å². The maximum absolute atomic E-state index is 2.53. The molecule has 0 bridgehead atoms. The van der Waals surface area contributed by atoms with Crippen LogP contribution in [0.1, 0.15) is 40.7 Å². The van der Waals surface area contributed by atoms with Gasteiger partial charge in [0.1, 0.15) is 0 Å². The molecule has 0 saturated heterocycles. The van der Waals surface area contributed by atoms with E-state index in [0.29, 0.717) is 0 Å². The van der Waals surface area contributed by atoms with Gasteiger partial charge in [0.05, 0.1) is 19.4 Å². The molecule has 0 aromatic heterocycles. The number of aryl methyl sites for hydroxylation is 5. The van der Waals surface area contributed by atoms with E-state index >= 15 is 0 Å². The minimum Gasteiger partial charge on any atom is -0.310 e. The molecule has 0 amide bonds. The first-order valence-corrected chi connectivity index (χ1v) is 23.7. The summed E-state index contributed by atoms with van der Waals surface area (Å²) in [6, 6.07) is 56.0. The number of anilines is 6. The number of fused-ring (bicyclic) bond motifs is 7. The highest BCUT2D eigenvalue weighted by Gasteiger charge is 2.25. The Morgan fingerprint density at radius 1 is 0.382 bits per heavy atom. The van der Waals surface area contributed by atoms with Crippen molar-refractivity contribution in [3.63, 3.8) is 0 Å². The molecular formula is C52H48N2Si. The predicted molar refractivity (Wildman–Crippen MR) is 240 cm³/mol. The zero-order valence-electron chi connectivity index (χ0n) is 32.5. The van der Waals surface area contributed by atoms with Crippen molar-refractivity contribution in [1.29, 1.82) is 0 Å². The molecule has 0 radical (unpaired) electrons. The van der Waals surface area contributed by atoms with Crippen LogP contribution in [-0.2, 0) is 25.7 Å². The van der Waals surface area contributed by atoms with Crippen LogP contribution in [0.2, 0.25) is 19.6 Å². The van der Waals surface area contributed by atoms with E-state index in [9.17, 15) is 0 Å². The maximum Gasteiger partial charge on any atom is 0.0775 e. The molecule has 0 saturated carbocycles. The van der Waals surface area contributed by atoms with E-state index in [1.807, 2.05) is 0 Å². The Morgan fingerprint density at radius 2 is 0.782 bits per heavy atom. The number of hydrogen-bond donors (Lipinski definition) is 0. The zero-order valence-corrected chi connectivity index (χ0v) is 33.5. The maximum atomic E-state index is 2.53. The second-order valence-electron chi connectivity index (χ2n) is 16.9.